The maximum Gasteiger partial charge on any atom is 0.762 e. The summed E-state index contributed by atoms with van der Waals surface area (Å²) in [5.74, 6) is 0. The van der Waals surface area contributed by atoms with Gasteiger partial charge in [-0.25, -0.2) is 4.79 Å². The SMILES string of the molecule is C=C.FB(F)F.O=C(O)O. The molecule has 0 rings (SSSR count). The molecule has 0 spiro atoms. The van der Waals surface area contributed by atoms with E-state index in [-0.39, 0.29) is 0 Å². The molecule has 0 aliphatic carbocycles. The molecule has 0 amide bonds. The second-order valence-corrected chi connectivity index (χ2v) is 0.530. The summed E-state index contributed by atoms with van der Waals surface area (Å²) in [7, 11) is -3.67. The van der Waals surface area contributed by atoms with Gasteiger partial charge in [-0.2, -0.15) is 0 Å². The van der Waals surface area contributed by atoms with Crippen LogP contribution in [-0.4, -0.2) is 23.9 Å². The molecule has 0 radical (unpaired) electrons. The first-order valence-corrected chi connectivity index (χ1v) is 1.81. The lowest BCUT2D eigenvalue weighted by Gasteiger charge is -1.60. The molecule has 3 nitrogen and oxygen atoms in total. The summed E-state index contributed by atoms with van der Waals surface area (Å²) < 4.78 is 29.0. The van der Waals surface area contributed by atoms with E-state index in [1.165, 1.54) is 0 Å². The molecule has 0 unspecified atom stereocenters. The molecule has 0 bridgehead atoms. The number of halogens is 3. The third-order valence-electron chi connectivity index (χ3n) is 0. The van der Waals surface area contributed by atoms with Gasteiger partial charge in [0.05, 0.1) is 0 Å². The van der Waals surface area contributed by atoms with E-state index in [4.69, 9.17) is 15.0 Å². The van der Waals surface area contributed by atoms with E-state index in [0.717, 1.165) is 0 Å². The maximum atomic E-state index is 9.67. The maximum absolute atomic E-state index is 9.67. The summed E-state index contributed by atoms with van der Waals surface area (Å²) in [6.45, 7) is 6.00. The van der Waals surface area contributed by atoms with Gasteiger partial charge in [0.25, 0.3) is 0 Å². The zero-order chi connectivity index (χ0) is 9.15. The molecule has 0 aromatic heterocycles. The first-order chi connectivity index (χ1) is 4.46. The smallest absolute Gasteiger partial charge is 0.450 e. The third-order valence-corrected chi connectivity index (χ3v) is 0. The Labute approximate surface area is 56.0 Å². The van der Waals surface area contributed by atoms with Crippen LogP contribution >= 0.6 is 0 Å². The molecule has 0 atom stereocenters. The van der Waals surface area contributed by atoms with Crippen LogP contribution in [0.5, 0.6) is 0 Å². The summed E-state index contributed by atoms with van der Waals surface area (Å²) in [4.78, 5) is 8.56. The van der Waals surface area contributed by atoms with E-state index in [0.29, 0.717) is 0 Å². The zero-order valence-electron chi connectivity index (χ0n) is 4.93. The predicted octanol–water partition coefficient (Wildman–Crippen LogP) is 1.90. The van der Waals surface area contributed by atoms with Crippen molar-refractivity contribution in [3.05, 3.63) is 13.2 Å². The van der Waals surface area contributed by atoms with Gasteiger partial charge in [-0.1, -0.05) is 0 Å². The first kappa shape index (κ1) is 15.9. The van der Waals surface area contributed by atoms with Gasteiger partial charge >= 0.3 is 13.7 Å². The molecule has 0 aromatic carbocycles. The van der Waals surface area contributed by atoms with Gasteiger partial charge < -0.3 is 10.2 Å². The van der Waals surface area contributed by atoms with Crippen molar-refractivity contribution in [2.24, 2.45) is 0 Å². The highest BCUT2D eigenvalue weighted by atomic mass is 19.4. The van der Waals surface area contributed by atoms with Crippen LogP contribution < -0.4 is 0 Å². The lowest BCUT2D eigenvalue weighted by atomic mass is 10.5. The lowest BCUT2D eigenvalue weighted by molar-refractivity contribution is 0.137. The Balaban J connectivity index is -0.0000000787. The minimum absolute atomic E-state index is 1.83. The van der Waals surface area contributed by atoms with E-state index in [1.54, 1.807) is 0 Å². The van der Waals surface area contributed by atoms with Crippen LogP contribution in [0.4, 0.5) is 17.7 Å². The second kappa shape index (κ2) is 15.7. The van der Waals surface area contributed by atoms with Crippen molar-refractivity contribution >= 4 is 13.7 Å². The molecule has 0 aromatic rings. The van der Waals surface area contributed by atoms with E-state index in [1.807, 2.05) is 0 Å². The monoisotopic (exact) mass is 158 g/mol. The number of carbonyl (C=O) groups is 1. The van der Waals surface area contributed by atoms with Gasteiger partial charge in [0.15, 0.2) is 0 Å². The standard InChI is InChI=1S/C2H4.CH2O3.BF3/c1-2;2*2-1(3)4/h1-2H2;(H2,2,3,4);. The highest BCUT2D eigenvalue weighted by Crippen LogP contribution is 1.80. The molecular weight excluding hydrogens is 152 g/mol. The van der Waals surface area contributed by atoms with E-state index in [9.17, 15) is 12.9 Å². The van der Waals surface area contributed by atoms with E-state index >= 15 is 0 Å². The largest absolute Gasteiger partial charge is 0.762 e. The molecule has 60 valence electrons. The number of rotatable bonds is 0. The first-order valence-electron chi connectivity index (χ1n) is 1.81. The molecule has 7 heteroatoms. The lowest BCUT2D eigenvalue weighted by Crippen LogP contribution is -1.81. The van der Waals surface area contributed by atoms with Crippen LogP contribution in [-0.2, 0) is 0 Å². The normalized spacial score (nSPS) is 5.50. The van der Waals surface area contributed by atoms with Crippen LogP contribution in [0.25, 0.3) is 0 Å². The summed E-state index contributed by atoms with van der Waals surface area (Å²) in [5.41, 5.74) is 0. The molecule has 0 fully saturated rings. The van der Waals surface area contributed by atoms with Gasteiger partial charge in [-0.3, -0.25) is 12.9 Å². The minimum Gasteiger partial charge on any atom is -0.450 e. The number of hydrogen-bond donors (Lipinski definition) is 2. The quantitative estimate of drug-likeness (QED) is 0.418. The summed E-state index contributed by atoms with van der Waals surface area (Å²) >= 11 is 0. The number of hydrogen-bond acceptors (Lipinski definition) is 1. The Morgan fingerprint density at radius 2 is 1.20 bits per heavy atom. The summed E-state index contributed by atoms with van der Waals surface area (Å²) in [6, 6.07) is 0. The van der Waals surface area contributed by atoms with Crippen molar-refractivity contribution in [2.45, 2.75) is 0 Å². The van der Waals surface area contributed by atoms with Crippen molar-refractivity contribution in [3.8, 4) is 0 Å². The average molecular weight is 158 g/mol. The van der Waals surface area contributed by atoms with Crippen molar-refractivity contribution in [1.29, 1.82) is 0 Å². The Morgan fingerprint density at radius 1 is 1.20 bits per heavy atom. The number of carboxylic acid groups (broad SMARTS) is 2. The zero-order valence-corrected chi connectivity index (χ0v) is 4.93. The van der Waals surface area contributed by atoms with Crippen LogP contribution in [0.15, 0.2) is 13.2 Å². The van der Waals surface area contributed by atoms with Crippen molar-refractivity contribution in [2.75, 3.05) is 0 Å². The van der Waals surface area contributed by atoms with E-state index < -0.39 is 13.7 Å². The molecule has 0 aliphatic rings. The molecule has 2 N–H and O–H groups in total. The Kier molecular flexibility index (Phi) is 25.0. The Morgan fingerprint density at radius 3 is 1.20 bits per heavy atom. The van der Waals surface area contributed by atoms with Gasteiger partial charge in [0.2, 0.25) is 0 Å². The van der Waals surface area contributed by atoms with Crippen LogP contribution in [0, 0.1) is 0 Å². The average Bonchev–Trinajstić information content (AvgIpc) is 1.66. The minimum atomic E-state index is -3.67. The molecular formula is C3H6BF3O3. The molecule has 0 saturated heterocycles. The highest BCUT2D eigenvalue weighted by molar-refractivity contribution is 6.33. The van der Waals surface area contributed by atoms with Gasteiger partial charge in [0.1, 0.15) is 0 Å². The molecule has 10 heavy (non-hydrogen) atoms. The van der Waals surface area contributed by atoms with Gasteiger partial charge in [-0.15, -0.1) is 13.2 Å². The van der Waals surface area contributed by atoms with Gasteiger partial charge in [-0.05, 0) is 0 Å². The second-order valence-electron chi connectivity index (χ2n) is 0.530. The van der Waals surface area contributed by atoms with Crippen LogP contribution in [0.3, 0.4) is 0 Å². The topological polar surface area (TPSA) is 57.5 Å². The fourth-order valence-corrected chi connectivity index (χ4v) is 0. The molecule has 0 saturated carbocycles. The Hall–Kier alpha value is -1.14. The summed E-state index contributed by atoms with van der Waals surface area (Å²) in [5, 5.41) is 13.9. The van der Waals surface area contributed by atoms with Gasteiger partial charge in [0, 0.05) is 0 Å². The Bertz CT molecular complexity index is 72.6. The van der Waals surface area contributed by atoms with Crippen molar-refractivity contribution in [3.63, 3.8) is 0 Å². The fourth-order valence-electron chi connectivity index (χ4n) is 0. The highest BCUT2D eigenvalue weighted by Gasteiger charge is 2.06. The van der Waals surface area contributed by atoms with E-state index in [2.05, 4.69) is 13.2 Å². The van der Waals surface area contributed by atoms with Crippen molar-refractivity contribution in [1.82, 2.24) is 0 Å². The molecule has 0 aliphatic heterocycles. The third kappa shape index (κ3) is 183. The molecule has 0 heterocycles. The van der Waals surface area contributed by atoms with Crippen LogP contribution in [0.1, 0.15) is 0 Å². The van der Waals surface area contributed by atoms with Crippen molar-refractivity contribution < 1.29 is 28.0 Å². The fraction of sp³-hybridized carbons (Fsp3) is 0. The van der Waals surface area contributed by atoms with Crippen LogP contribution in [0.2, 0.25) is 0 Å². The summed E-state index contributed by atoms with van der Waals surface area (Å²) in [6.07, 6.45) is -1.83. The predicted molar refractivity (Wildman–Crippen MR) is 31.0 cm³/mol.